The number of nitrogens with zero attached hydrogens (tertiary/aromatic N) is 3. The monoisotopic (exact) mass is 517 g/mol. The summed E-state index contributed by atoms with van der Waals surface area (Å²) in [5, 5.41) is 1.44. The SMILES string of the molecule is CC(C)(C)[Si](C)(C)OCC[C@H]1CCc2sc3ncnc(O[C@H]4CC[C@H](N5CCOCC5)CC4)c3c21. The Hall–Kier alpha value is -1.06. The van der Waals surface area contributed by atoms with Gasteiger partial charge in [-0.3, -0.25) is 4.90 Å². The summed E-state index contributed by atoms with van der Waals surface area (Å²) in [6.45, 7) is 16.4. The fourth-order valence-electron chi connectivity index (χ4n) is 5.72. The molecule has 6 nitrogen and oxygen atoms in total. The van der Waals surface area contributed by atoms with Gasteiger partial charge in [0.1, 0.15) is 17.3 Å². The Morgan fingerprint density at radius 2 is 1.83 bits per heavy atom. The summed E-state index contributed by atoms with van der Waals surface area (Å²) in [7, 11) is -1.72. The van der Waals surface area contributed by atoms with Crippen molar-refractivity contribution in [3.05, 3.63) is 16.8 Å². The van der Waals surface area contributed by atoms with Crippen LogP contribution in [0.4, 0.5) is 0 Å². The first kappa shape index (κ1) is 25.6. The molecule has 1 saturated carbocycles. The second-order valence-electron chi connectivity index (χ2n) is 12.1. The van der Waals surface area contributed by atoms with E-state index in [1.165, 1.54) is 35.1 Å². The third-order valence-electron chi connectivity index (χ3n) is 8.91. The van der Waals surface area contributed by atoms with E-state index in [1.54, 1.807) is 6.33 Å². The lowest BCUT2D eigenvalue weighted by atomic mass is 9.91. The topological polar surface area (TPSA) is 56.7 Å². The summed E-state index contributed by atoms with van der Waals surface area (Å²) < 4.78 is 18.7. The van der Waals surface area contributed by atoms with Crippen molar-refractivity contribution in [3.8, 4) is 5.88 Å². The summed E-state index contributed by atoms with van der Waals surface area (Å²) in [5.74, 6) is 1.34. The van der Waals surface area contributed by atoms with Gasteiger partial charge in [-0.25, -0.2) is 9.97 Å². The molecule has 1 atom stereocenters. The summed E-state index contributed by atoms with van der Waals surface area (Å²) in [6, 6.07) is 0.680. The molecule has 0 bridgehead atoms. The summed E-state index contributed by atoms with van der Waals surface area (Å²) >= 11 is 1.85. The Morgan fingerprint density at radius 3 is 2.54 bits per heavy atom. The van der Waals surface area contributed by atoms with Crippen molar-refractivity contribution in [3.63, 3.8) is 0 Å². The minimum Gasteiger partial charge on any atom is -0.474 e. The molecule has 194 valence electrons. The van der Waals surface area contributed by atoms with E-state index in [1.807, 2.05) is 11.3 Å². The van der Waals surface area contributed by atoms with Crippen molar-refractivity contribution in [1.82, 2.24) is 14.9 Å². The van der Waals surface area contributed by atoms with Gasteiger partial charge >= 0.3 is 0 Å². The first-order valence-corrected chi connectivity index (χ1v) is 17.3. The number of hydrogen-bond acceptors (Lipinski definition) is 7. The smallest absolute Gasteiger partial charge is 0.225 e. The molecule has 1 saturated heterocycles. The lowest BCUT2D eigenvalue weighted by molar-refractivity contribution is -0.00126. The van der Waals surface area contributed by atoms with E-state index in [9.17, 15) is 0 Å². The van der Waals surface area contributed by atoms with Crippen LogP contribution in [0.3, 0.4) is 0 Å². The molecule has 8 heteroatoms. The molecular weight excluding hydrogens is 474 g/mol. The third kappa shape index (κ3) is 5.47. The van der Waals surface area contributed by atoms with Gasteiger partial charge in [0.05, 0.1) is 18.6 Å². The van der Waals surface area contributed by atoms with Crippen LogP contribution < -0.4 is 4.74 Å². The normalized spacial score (nSPS) is 26.3. The standard InChI is InChI=1S/C27H43N3O3SSi/c1-27(2,3)35(4,5)32-15-12-19-6-11-22-23(19)24-25(28-18-29-26(24)34-22)33-21-9-7-20(8-10-21)30-13-16-31-17-14-30/h18-21H,6-17H2,1-5H3/t19-,20-,21-/m1/s1. The largest absolute Gasteiger partial charge is 0.474 e. The Balaban J connectivity index is 1.25. The molecule has 5 rings (SSSR count). The maximum Gasteiger partial charge on any atom is 0.225 e. The molecule has 0 N–H and O–H groups in total. The zero-order valence-electron chi connectivity index (χ0n) is 22.3. The molecule has 2 aromatic rings. The van der Waals surface area contributed by atoms with Gasteiger partial charge in [0.15, 0.2) is 8.32 Å². The quantitative estimate of drug-likeness (QED) is 0.410. The van der Waals surface area contributed by atoms with Crippen LogP contribution in [0.25, 0.3) is 10.2 Å². The Labute approximate surface area is 215 Å². The maximum atomic E-state index is 6.63. The average molecular weight is 518 g/mol. The summed E-state index contributed by atoms with van der Waals surface area (Å²) in [6.07, 6.45) is 9.97. The van der Waals surface area contributed by atoms with Crippen molar-refractivity contribution in [1.29, 1.82) is 0 Å². The summed E-state index contributed by atoms with van der Waals surface area (Å²) in [4.78, 5) is 14.5. The van der Waals surface area contributed by atoms with E-state index in [0.29, 0.717) is 12.0 Å². The number of hydrogen-bond donors (Lipinski definition) is 0. The van der Waals surface area contributed by atoms with Gasteiger partial charge in [-0.05, 0) is 74.6 Å². The molecule has 2 aromatic heterocycles. The van der Waals surface area contributed by atoms with Crippen LogP contribution in [0.15, 0.2) is 6.33 Å². The minimum atomic E-state index is -1.72. The second-order valence-corrected chi connectivity index (χ2v) is 18.0. The fraction of sp³-hybridized carbons (Fsp3) is 0.778. The molecule has 1 aliphatic heterocycles. The first-order valence-electron chi connectivity index (χ1n) is 13.6. The van der Waals surface area contributed by atoms with E-state index in [-0.39, 0.29) is 11.1 Å². The molecule has 0 radical (unpaired) electrons. The molecular formula is C27H43N3O3SSi. The van der Waals surface area contributed by atoms with Crippen molar-refractivity contribution in [2.75, 3.05) is 32.9 Å². The highest BCUT2D eigenvalue weighted by Gasteiger charge is 2.38. The van der Waals surface area contributed by atoms with Crippen LogP contribution in [0.1, 0.15) is 75.7 Å². The van der Waals surface area contributed by atoms with E-state index in [0.717, 1.165) is 69.3 Å². The number of fused-ring (bicyclic) bond motifs is 3. The van der Waals surface area contributed by atoms with Crippen molar-refractivity contribution >= 4 is 29.9 Å². The van der Waals surface area contributed by atoms with Gasteiger partial charge in [0.2, 0.25) is 5.88 Å². The maximum absolute atomic E-state index is 6.63. The molecule has 2 fully saturated rings. The van der Waals surface area contributed by atoms with Crippen LogP contribution in [0.2, 0.25) is 18.1 Å². The number of thiophene rings is 1. The average Bonchev–Trinajstić information content (AvgIpc) is 3.39. The van der Waals surface area contributed by atoms with Gasteiger partial charge in [-0.2, -0.15) is 0 Å². The van der Waals surface area contributed by atoms with Crippen LogP contribution in [0, 0.1) is 0 Å². The van der Waals surface area contributed by atoms with Gasteiger partial charge < -0.3 is 13.9 Å². The fourth-order valence-corrected chi connectivity index (χ4v) is 8.01. The van der Waals surface area contributed by atoms with E-state index in [4.69, 9.17) is 13.9 Å². The number of ether oxygens (including phenoxy) is 2. The number of aryl methyl sites for hydroxylation is 1. The zero-order chi connectivity index (χ0) is 24.6. The van der Waals surface area contributed by atoms with Crippen molar-refractivity contribution in [2.24, 2.45) is 0 Å². The second kappa shape index (κ2) is 10.4. The first-order chi connectivity index (χ1) is 16.7. The number of morpholine rings is 1. The van der Waals surface area contributed by atoms with Crippen molar-refractivity contribution < 1.29 is 13.9 Å². The Kier molecular flexibility index (Phi) is 7.57. The number of rotatable bonds is 7. The van der Waals surface area contributed by atoms with Crippen LogP contribution in [0.5, 0.6) is 5.88 Å². The summed E-state index contributed by atoms with van der Waals surface area (Å²) in [5.41, 5.74) is 1.46. The van der Waals surface area contributed by atoms with Gasteiger partial charge in [0, 0.05) is 30.6 Å². The highest BCUT2D eigenvalue weighted by atomic mass is 32.1. The molecule has 2 aliphatic carbocycles. The number of aromatic nitrogens is 2. The highest BCUT2D eigenvalue weighted by molar-refractivity contribution is 7.19. The van der Waals surface area contributed by atoms with Gasteiger partial charge in [-0.1, -0.05) is 20.8 Å². The van der Waals surface area contributed by atoms with E-state index < -0.39 is 8.32 Å². The predicted molar refractivity (Wildman–Crippen MR) is 145 cm³/mol. The lowest BCUT2D eigenvalue weighted by Crippen LogP contribution is -2.46. The van der Waals surface area contributed by atoms with E-state index >= 15 is 0 Å². The Morgan fingerprint density at radius 1 is 1.09 bits per heavy atom. The molecule has 3 aliphatic rings. The van der Waals surface area contributed by atoms with Gasteiger partial charge in [-0.15, -0.1) is 11.3 Å². The Bertz CT molecular complexity index is 1010. The zero-order valence-corrected chi connectivity index (χ0v) is 24.1. The van der Waals surface area contributed by atoms with Crippen LogP contribution in [-0.2, 0) is 15.6 Å². The van der Waals surface area contributed by atoms with Crippen LogP contribution in [-0.4, -0.2) is 68.2 Å². The predicted octanol–water partition coefficient (Wildman–Crippen LogP) is 6.16. The lowest BCUT2D eigenvalue weighted by Gasteiger charge is -2.38. The van der Waals surface area contributed by atoms with Crippen molar-refractivity contribution in [2.45, 2.75) is 102 Å². The molecule has 0 unspecified atom stereocenters. The minimum absolute atomic E-state index is 0.249. The molecule has 35 heavy (non-hydrogen) atoms. The van der Waals surface area contributed by atoms with E-state index in [2.05, 4.69) is 48.7 Å². The third-order valence-corrected chi connectivity index (χ3v) is 14.6. The molecule has 3 heterocycles. The van der Waals surface area contributed by atoms with Gasteiger partial charge in [0.25, 0.3) is 0 Å². The molecule has 0 amide bonds. The van der Waals surface area contributed by atoms with Crippen LogP contribution >= 0.6 is 11.3 Å². The molecule has 0 spiro atoms. The highest BCUT2D eigenvalue weighted by Crippen LogP contribution is 2.48. The molecule has 0 aromatic carbocycles.